The van der Waals surface area contributed by atoms with Gasteiger partial charge in [-0.3, -0.25) is 4.90 Å². The van der Waals surface area contributed by atoms with Crippen molar-refractivity contribution in [3.63, 3.8) is 0 Å². The topological polar surface area (TPSA) is 39.1 Å². The Balaban J connectivity index is 0.00000200. The fourth-order valence-electron chi connectivity index (χ4n) is 2.48. The summed E-state index contributed by atoms with van der Waals surface area (Å²) in [7, 11) is 0. The molecule has 2 rings (SSSR count). The van der Waals surface area contributed by atoms with E-state index in [0.29, 0.717) is 10.6 Å². The van der Waals surface area contributed by atoms with Crippen LogP contribution in [0.3, 0.4) is 0 Å². The number of hydrogen-bond donors (Lipinski definition) is 1. The third kappa shape index (κ3) is 4.70. The van der Waals surface area contributed by atoms with E-state index in [-0.39, 0.29) is 43.1 Å². The zero-order valence-electron chi connectivity index (χ0n) is 11.7. The van der Waals surface area contributed by atoms with Crippen LogP contribution < -0.4 is 5.32 Å². The molecule has 1 fully saturated rings. The third-order valence-corrected chi connectivity index (χ3v) is 4.03. The molecule has 1 saturated heterocycles. The van der Waals surface area contributed by atoms with E-state index in [2.05, 4.69) is 16.3 Å². The molecule has 1 atom stereocenters. The van der Waals surface area contributed by atoms with Gasteiger partial charge in [0.25, 0.3) is 0 Å². The standard InChI is InChI=1S/C14H17ClFN3.2ClH/c1-10-2-3-11(16)13(14(10)15)12(4-5-17)19-8-6-18-7-9-19;;/h2-3,12,18H,4,6-9H2,1H3;2*1H/t12-;;/m1../s1. The van der Waals surface area contributed by atoms with Crippen LogP contribution in [0.15, 0.2) is 12.1 Å². The monoisotopic (exact) mass is 353 g/mol. The van der Waals surface area contributed by atoms with Crippen LogP contribution in [-0.2, 0) is 0 Å². The Morgan fingerprint density at radius 2 is 2.00 bits per heavy atom. The van der Waals surface area contributed by atoms with Crippen molar-refractivity contribution in [1.29, 1.82) is 5.26 Å². The van der Waals surface area contributed by atoms with Crippen molar-refractivity contribution < 1.29 is 4.39 Å². The van der Waals surface area contributed by atoms with E-state index in [4.69, 9.17) is 16.9 Å². The molecule has 1 heterocycles. The normalized spacial score (nSPS) is 16.3. The molecule has 0 amide bonds. The van der Waals surface area contributed by atoms with Crippen LogP contribution in [0, 0.1) is 24.1 Å². The van der Waals surface area contributed by atoms with Crippen molar-refractivity contribution in [2.45, 2.75) is 19.4 Å². The smallest absolute Gasteiger partial charge is 0.129 e. The van der Waals surface area contributed by atoms with Gasteiger partial charge in [-0.1, -0.05) is 17.7 Å². The fraction of sp³-hybridized carbons (Fsp3) is 0.500. The summed E-state index contributed by atoms with van der Waals surface area (Å²) in [5, 5.41) is 12.7. The third-order valence-electron chi connectivity index (χ3n) is 3.53. The molecule has 0 saturated carbocycles. The maximum atomic E-state index is 14.1. The summed E-state index contributed by atoms with van der Waals surface area (Å²) in [6.07, 6.45) is 0.250. The summed E-state index contributed by atoms with van der Waals surface area (Å²) in [5.74, 6) is -0.325. The Bertz CT molecular complexity index is 499. The second-order valence-electron chi connectivity index (χ2n) is 4.76. The van der Waals surface area contributed by atoms with Crippen molar-refractivity contribution in [3.05, 3.63) is 34.1 Å². The van der Waals surface area contributed by atoms with Crippen LogP contribution in [0.2, 0.25) is 5.02 Å². The first-order valence-electron chi connectivity index (χ1n) is 6.41. The molecule has 0 spiro atoms. The molecule has 0 bridgehead atoms. The number of piperazine rings is 1. The lowest BCUT2D eigenvalue weighted by atomic mass is 9.99. The number of rotatable bonds is 3. The Morgan fingerprint density at radius 3 is 2.57 bits per heavy atom. The average molecular weight is 355 g/mol. The van der Waals surface area contributed by atoms with Crippen LogP contribution in [0.1, 0.15) is 23.6 Å². The van der Waals surface area contributed by atoms with E-state index in [1.54, 1.807) is 6.07 Å². The van der Waals surface area contributed by atoms with Gasteiger partial charge >= 0.3 is 0 Å². The molecule has 1 aromatic rings. The molecule has 21 heavy (non-hydrogen) atoms. The average Bonchev–Trinajstić information content (AvgIpc) is 2.43. The number of hydrogen-bond acceptors (Lipinski definition) is 3. The predicted molar refractivity (Wildman–Crippen MR) is 88.1 cm³/mol. The molecule has 0 aliphatic carbocycles. The first kappa shape index (κ1) is 20.4. The van der Waals surface area contributed by atoms with E-state index in [1.165, 1.54) is 6.07 Å². The number of aryl methyl sites for hydroxylation is 1. The van der Waals surface area contributed by atoms with Crippen molar-refractivity contribution in [3.8, 4) is 6.07 Å². The number of benzene rings is 1. The minimum atomic E-state index is -0.325. The van der Waals surface area contributed by atoms with Gasteiger partial charge in [0.05, 0.1) is 23.6 Å². The van der Waals surface area contributed by atoms with E-state index in [0.717, 1.165) is 31.7 Å². The summed E-state index contributed by atoms with van der Waals surface area (Å²) in [6, 6.07) is 4.99. The van der Waals surface area contributed by atoms with Gasteiger partial charge in [-0.2, -0.15) is 5.26 Å². The van der Waals surface area contributed by atoms with Crippen LogP contribution in [0.4, 0.5) is 4.39 Å². The molecule has 0 radical (unpaired) electrons. The zero-order valence-corrected chi connectivity index (χ0v) is 14.1. The molecular weight excluding hydrogens is 336 g/mol. The highest BCUT2D eigenvalue weighted by molar-refractivity contribution is 6.32. The Hall–Kier alpha value is -0.570. The van der Waals surface area contributed by atoms with Gasteiger partial charge in [0.15, 0.2) is 0 Å². The molecular formula is C14H19Cl3FN3. The second kappa shape index (κ2) is 9.45. The van der Waals surface area contributed by atoms with Gasteiger partial charge in [-0.25, -0.2) is 4.39 Å². The molecule has 1 aliphatic heterocycles. The lowest BCUT2D eigenvalue weighted by Gasteiger charge is -2.34. The minimum absolute atomic E-state index is 0. The number of nitrogens with zero attached hydrogens (tertiary/aromatic N) is 2. The van der Waals surface area contributed by atoms with Gasteiger partial charge in [0, 0.05) is 31.7 Å². The van der Waals surface area contributed by atoms with Crippen LogP contribution in [-0.4, -0.2) is 31.1 Å². The van der Waals surface area contributed by atoms with E-state index in [9.17, 15) is 4.39 Å². The highest BCUT2D eigenvalue weighted by Gasteiger charge is 2.27. The maximum Gasteiger partial charge on any atom is 0.129 e. The number of nitriles is 1. The molecule has 0 unspecified atom stereocenters. The summed E-state index contributed by atoms with van der Waals surface area (Å²) >= 11 is 6.26. The Kier molecular flexibility index (Phi) is 9.19. The van der Waals surface area contributed by atoms with Gasteiger partial charge < -0.3 is 5.32 Å². The van der Waals surface area contributed by atoms with Crippen LogP contribution >= 0.6 is 36.4 Å². The van der Waals surface area contributed by atoms with E-state index >= 15 is 0 Å². The van der Waals surface area contributed by atoms with E-state index in [1.807, 2.05) is 6.92 Å². The van der Waals surface area contributed by atoms with Gasteiger partial charge in [-0.05, 0) is 18.6 Å². The first-order valence-corrected chi connectivity index (χ1v) is 6.79. The van der Waals surface area contributed by atoms with Crippen molar-refractivity contribution >= 4 is 36.4 Å². The Morgan fingerprint density at radius 1 is 1.38 bits per heavy atom. The molecule has 1 aliphatic rings. The van der Waals surface area contributed by atoms with Gasteiger partial charge in [-0.15, -0.1) is 24.8 Å². The zero-order chi connectivity index (χ0) is 13.8. The summed E-state index contributed by atoms with van der Waals surface area (Å²) in [4.78, 5) is 2.13. The highest BCUT2D eigenvalue weighted by Crippen LogP contribution is 2.34. The lowest BCUT2D eigenvalue weighted by molar-refractivity contribution is 0.172. The molecule has 3 nitrogen and oxygen atoms in total. The van der Waals surface area contributed by atoms with Gasteiger partial charge in [0.2, 0.25) is 0 Å². The molecule has 118 valence electrons. The van der Waals surface area contributed by atoms with E-state index < -0.39 is 0 Å². The Labute approximate surface area is 142 Å². The quantitative estimate of drug-likeness (QED) is 0.903. The number of nitrogens with one attached hydrogen (secondary N) is 1. The van der Waals surface area contributed by atoms with Crippen LogP contribution in [0.5, 0.6) is 0 Å². The van der Waals surface area contributed by atoms with Crippen molar-refractivity contribution in [1.82, 2.24) is 10.2 Å². The second-order valence-corrected chi connectivity index (χ2v) is 5.13. The van der Waals surface area contributed by atoms with Gasteiger partial charge in [0.1, 0.15) is 5.82 Å². The van der Waals surface area contributed by atoms with Crippen molar-refractivity contribution in [2.24, 2.45) is 0 Å². The number of halogens is 4. The van der Waals surface area contributed by atoms with Crippen molar-refractivity contribution in [2.75, 3.05) is 26.2 Å². The molecule has 1 N–H and O–H groups in total. The fourth-order valence-corrected chi connectivity index (χ4v) is 2.76. The summed E-state index contributed by atoms with van der Waals surface area (Å²) in [5.41, 5.74) is 1.31. The summed E-state index contributed by atoms with van der Waals surface area (Å²) in [6.45, 7) is 5.17. The van der Waals surface area contributed by atoms with Crippen LogP contribution in [0.25, 0.3) is 0 Å². The first-order chi connectivity index (χ1) is 9.15. The summed E-state index contributed by atoms with van der Waals surface area (Å²) < 4.78 is 14.1. The molecule has 1 aromatic carbocycles. The largest absolute Gasteiger partial charge is 0.314 e. The minimum Gasteiger partial charge on any atom is -0.314 e. The molecule has 7 heteroatoms. The lowest BCUT2D eigenvalue weighted by Crippen LogP contribution is -2.45. The molecule has 0 aromatic heterocycles. The SMILES string of the molecule is Cc1ccc(F)c([C@@H](CC#N)N2CCNCC2)c1Cl.Cl.Cl. The highest BCUT2D eigenvalue weighted by atomic mass is 35.5. The predicted octanol–water partition coefficient (Wildman–Crippen LogP) is 3.49. The maximum absolute atomic E-state index is 14.1.